The lowest BCUT2D eigenvalue weighted by Crippen LogP contribution is -1.96. The highest BCUT2D eigenvalue weighted by molar-refractivity contribution is 7.24. The first-order valence-corrected chi connectivity index (χ1v) is 11.0. The summed E-state index contributed by atoms with van der Waals surface area (Å²) in [5, 5.41) is 18.0. The Morgan fingerprint density at radius 1 is 0.839 bits per heavy atom. The van der Waals surface area contributed by atoms with Crippen LogP contribution in [-0.4, -0.2) is 16.9 Å². The molecule has 0 unspecified atom stereocenters. The Hall–Kier alpha value is -3.79. The molecule has 0 radical (unpaired) electrons. The minimum absolute atomic E-state index is 0.0608. The van der Waals surface area contributed by atoms with Crippen LogP contribution in [0, 0.1) is 11.3 Å². The van der Waals surface area contributed by atoms with Crippen molar-refractivity contribution >= 4 is 40.5 Å². The van der Waals surface area contributed by atoms with Gasteiger partial charge in [0.2, 0.25) is 0 Å². The maximum Gasteiger partial charge on any atom is 0.346 e. The predicted molar refractivity (Wildman–Crippen MR) is 123 cm³/mol. The molecule has 1 N–H and O–H groups in total. The van der Waals surface area contributed by atoms with E-state index in [1.165, 1.54) is 17.4 Å². The Kier molecular flexibility index (Phi) is 4.63. The minimum atomic E-state index is -1.23. The fourth-order valence-corrected chi connectivity index (χ4v) is 5.70. The number of carbonyl (C=O) groups excluding carboxylic acids is 1. The lowest BCUT2D eigenvalue weighted by atomic mass is 10.0. The molecule has 5 rings (SSSR count). The maximum atomic E-state index is 12.8. The number of carboxylic acid groups (broad SMARTS) is 1. The van der Waals surface area contributed by atoms with E-state index < -0.39 is 5.97 Å². The lowest BCUT2D eigenvalue weighted by molar-refractivity contribution is -0.132. The SMILES string of the molecule is N#C/C(=C\c1ccc(-c2ccc(-c3ccc4c(c3)C(=O)c3ccccc3-4)s2)s1)C(=O)O. The Labute approximate surface area is 186 Å². The molecule has 2 heterocycles. The van der Waals surface area contributed by atoms with E-state index in [9.17, 15) is 9.59 Å². The first kappa shape index (κ1) is 19.2. The van der Waals surface area contributed by atoms with Gasteiger partial charge in [0, 0.05) is 30.6 Å². The fraction of sp³-hybridized carbons (Fsp3) is 0. The van der Waals surface area contributed by atoms with E-state index in [-0.39, 0.29) is 11.4 Å². The van der Waals surface area contributed by atoms with Gasteiger partial charge >= 0.3 is 5.97 Å². The van der Waals surface area contributed by atoms with Gasteiger partial charge in [0.05, 0.1) is 0 Å². The summed E-state index contributed by atoms with van der Waals surface area (Å²) in [6, 6.07) is 23.2. The lowest BCUT2D eigenvalue weighted by Gasteiger charge is -2.02. The third-order valence-corrected chi connectivity index (χ3v) is 7.49. The van der Waals surface area contributed by atoms with Gasteiger partial charge in [0.15, 0.2) is 5.78 Å². The number of benzene rings is 2. The summed E-state index contributed by atoms with van der Waals surface area (Å²) in [5.41, 5.74) is 4.14. The number of thiophene rings is 2. The molecule has 0 fully saturated rings. The highest BCUT2D eigenvalue weighted by Crippen LogP contribution is 2.42. The van der Waals surface area contributed by atoms with Gasteiger partial charge in [-0.15, -0.1) is 22.7 Å². The van der Waals surface area contributed by atoms with Crippen molar-refractivity contribution in [1.82, 2.24) is 0 Å². The van der Waals surface area contributed by atoms with Gasteiger partial charge in [-0.1, -0.05) is 36.4 Å². The van der Waals surface area contributed by atoms with Gasteiger partial charge in [-0.2, -0.15) is 5.26 Å². The molecule has 0 atom stereocenters. The van der Waals surface area contributed by atoms with Crippen LogP contribution in [0.2, 0.25) is 0 Å². The zero-order valence-electron chi connectivity index (χ0n) is 16.0. The van der Waals surface area contributed by atoms with Gasteiger partial charge in [0.1, 0.15) is 11.6 Å². The second kappa shape index (κ2) is 7.47. The Balaban J connectivity index is 1.46. The van der Waals surface area contributed by atoms with Crippen LogP contribution in [0.4, 0.5) is 0 Å². The number of hydrogen-bond donors (Lipinski definition) is 1. The van der Waals surface area contributed by atoms with Crippen molar-refractivity contribution in [1.29, 1.82) is 5.26 Å². The van der Waals surface area contributed by atoms with E-state index in [1.54, 1.807) is 17.4 Å². The molecule has 6 heteroatoms. The minimum Gasteiger partial charge on any atom is -0.477 e. The highest BCUT2D eigenvalue weighted by atomic mass is 32.1. The van der Waals surface area contributed by atoms with Crippen LogP contribution in [0.15, 0.2) is 72.3 Å². The van der Waals surface area contributed by atoms with Crippen molar-refractivity contribution in [3.05, 3.63) is 88.3 Å². The number of nitrogens with zero attached hydrogens (tertiary/aromatic N) is 1. The highest BCUT2D eigenvalue weighted by Gasteiger charge is 2.26. The quantitative estimate of drug-likeness (QED) is 0.262. The fourth-order valence-electron chi connectivity index (χ4n) is 3.65. The van der Waals surface area contributed by atoms with Crippen LogP contribution in [-0.2, 0) is 4.79 Å². The van der Waals surface area contributed by atoms with E-state index in [4.69, 9.17) is 10.4 Å². The Morgan fingerprint density at radius 3 is 2.29 bits per heavy atom. The van der Waals surface area contributed by atoms with Gasteiger partial charge in [-0.25, -0.2) is 4.79 Å². The maximum absolute atomic E-state index is 12.8. The van der Waals surface area contributed by atoms with Crippen molar-refractivity contribution in [3.8, 4) is 37.4 Å². The van der Waals surface area contributed by atoms with E-state index in [0.29, 0.717) is 4.88 Å². The first-order valence-electron chi connectivity index (χ1n) is 9.39. The molecule has 31 heavy (non-hydrogen) atoms. The second-order valence-electron chi connectivity index (χ2n) is 6.98. The number of fused-ring (bicyclic) bond motifs is 3. The molecule has 2 aromatic carbocycles. The van der Waals surface area contributed by atoms with Crippen LogP contribution < -0.4 is 0 Å². The second-order valence-corrected chi connectivity index (χ2v) is 9.18. The van der Waals surface area contributed by atoms with E-state index >= 15 is 0 Å². The summed E-state index contributed by atoms with van der Waals surface area (Å²) in [5.74, 6) is -1.17. The molecule has 0 aliphatic heterocycles. The first-order chi connectivity index (χ1) is 15.0. The van der Waals surface area contributed by atoms with Crippen molar-refractivity contribution in [2.75, 3.05) is 0 Å². The topological polar surface area (TPSA) is 78.2 Å². The Morgan fingerprint density at radius 2 is 1.52 bits per heavy atom. The van der Waals surface area contributed by atoms with Crippen LogP contribution >= 0.6 is 22.7 Å². The molecule has 4 aromatic rings. The summed E-state index contributed by atoms with van der Waals surface area (Å²) in [6.07, 6.45) is 1.38. The van der Waals surface area contributed by atoms with Crippen molar-refractivity contribution in [3.63, 3.8) is 0 Å². The van der Waals surface area contributed by atoms with Crippen LogP contribution in [0.1, 0.15) is 20.8 Å². The molecule has 0 spiro atoms. The molecule has 0 saturated carbocycles. The third kappa shape index (κ3) is 3.30. The number of aliphatic carboxylic acids is 1. The van der Waals surface area contributed by atoms with Gasteiger partial charge in [-0.05, 0) is 53.1 Å². The molecule has 148 valence electrons. The smallest absolute Gasteiger partial charge is 0.346 e. The molecular formula is C25H13NO3S2. The largest absolute Gasteiger partial charge is 0.477 e. The monoisotopic (exact) mass is 439 g/mol. The zero-order chi connectivity index (χ0) is 21.5. The summed E-state index contributed by atoms with van der Waals surface area (Å²) in [7, 11) is 0. The molecule has 0 saturated heterocycles. The van der Waals surface area contributed by atoms with Crippen molar-refractivity contribution in [2.45, 2.75) is 0 Å². The molecule has 1 aliphatic rings. The van der Waals surface area contributed by atoms with Crippen LogP contribution in [0.5, 0.6) is 0 Å². The van der Waals surface area contributed by atoms with Crippen molar-refractivity contribution in [2.24, 2.45) is 0 Å². The average molecular weight is 440 g/mol. The number of carboxylic acids is 1. The molecule has 2 aromatic heterocycles. The summed E-state index contributed by atoms with van der Waals surface area (Å²) in [4.78, 5) is 27.6. The van der Waals surface area contributed by atoms with Gasteiger partial charge in [0.25, 0.3) is 0 Å². The molecule has 0 amide bonds. The molecule has 0 bridgehead atoms. The van der Waals surface area contributed by atoms with E-state index in [1.807, 2.05) is 66.7 Å². The number of hydrogen-bond acceptors (Lipinski definition) is 5. The predicted octanol–water partition coefficient (Wildman–Crippen LogP) is 6.35. The normalized spacial score (nSPS) is 12.4. The molecule has 4 nitrogen and oxygen atoms in total. The average Bonchev–Trinajstić information content (AvgIpc) is 3.51. The summed E-state index contributed by atoms with van der Waals surface area (Å²) < 4.78 is 0. The number of nitriles is 1. The van der Waals surface area contributed by atoms with Crippen LogP contribution in [0.25, 0.3) is 37.4 Å². The zero-order valence-corrected chi connectivity index (χ0v) is 17.6. The summed E-state index contributed by atoms with van der Waals surface area (Å²) >= 11 is 3.04. The van der Waals surface area contributed by atoms with E-state index in [2.05, 4.69) is 0 Å². The van der Waals surface area contributed by atoms with Crippen LogP contribution in [0.3, 0.4) is 0 Å². The third-order valence-electron chi connectivity index (χ3n) is 5.12. The summed E-state index contributed by atoms with van der Waals surface area (Å²) in [6.45, 7) is 0. The van der Waals surface area contributed by atoms with Gasteiger partial charge in [-0.3, -0.25) is 4.79 Å². The number of ketones is 1. The van der Waals surface area contributed by atoms with Gasteiger partial charge < -0.3 is 5.11 Å². The standard InChI is InChI=1S/C25H13NO3S2/c26-13-15(25(28)29)11-16-6-8-22(30-16)23-10-9-21(31-23)14-5-7-18-17-3-1-2-4-19(17)24(27)20(18)12-14/h1-12H,(H,28,29)/b15-11+. The number of carbonyl (C=O) groups is 2. The van der Waals surface area contributed by atoms with E-state index in [0.717, 1.165) is 42.4 Å². The molecule has 1 aliphatic carbocycles. The molecular weight excluding hydrogens is 426 g/mol. The number of rotatable bonds is 4. The Bertz CT molecular complexity index is 1450. The van der Waals surface area contributed by atoms with Crippen molar-refractivity contribution < 1.29 is 14.7 Å².